The highest BCUT2D eigenvalue weighted by Gasteiger charge is 2.26. The van der Waals surface area contributed by atoms with E-state index < -0.39 is 0 Å². The van der Waals surface area contributed by atoms with Gasteiger partial charge in [-0.05, 0) is 95.7 Å². The minimum absolute atomic E-state index is 0.539. The smallest absolute Gasteiger partial charge is 0.227 e. The highest BCUT2D eigenvalue weighted by atomic mass is 16.4. The van der Waals surface area contributed by atoms with Crippen LogP contribution in [0.1, 0.15) is 0 Å². The first kappa shape index (κ1) is 33.1. The van der Waals surface area contributed by atoms with Gasteiger partial charge in [0, 0.05) is 44.2 Å². The Morgan fingerprint density at radius 3 is 1.78 bits per heavy atom. The zero-order valence-electron chi connectivity index (χ0n) is 31.6. The summed E-state index contributed by atoms with van der Waals surface area (Å²) in [5.41, 5.74) is 11.1. The van der Waals surface area contributed by atoms with Gasteiger partial charge in [-0.2, -0.15) is 0 Å². The van der Waals surface area contributed by atoms with Crippen molar-refractivity contribution in [1.29, 1.82) is 0 Å². The zero-order chi connectivity index (χ0) is 38.9. The molecule has 0 unspecified atom stereocenters. The van der Waals surface area contributed by atoms with Crippen LogP contribution in [-0.4, -0.2) is 4.98 Å². The Kier molecular flexibility index (Phi) is 7.43. The second kappa shape index (κ2) is 13.3. The van der Waals surface area contributed by atoms with E-state index in [1.54, 1.807) is 0 Å². The summed E-state index contributed by atoms with van der Waals surface area (Å²) in [5, 5.41) is 6.49. The molecule has 6 heteroatoms. The lowest BCUT2D eigenvalue weighted by Crippen LogP contribution is -2.13. The molecule has 0 amide bonds. The fourth-order valence-corrected chi connectivity index (χ4v) is 8.51. The number of hydrogen-bond donors (Lipinski definition) is 0. The van der Waals surface area contributed by atoms with Gasteiger partial charge in [0.15, 0.2) is 11.2 Å². The average Bonchev–Trinajstić information content (AvgIpc) is 4.01. The number of aromatic nitrogens is 1. The van der Waals surface area contributed by atoms with Gasteiger partial charge >= 0.3 is 0 Å². The quantitative estimate of drug-likeness (QED) is 0.161. The summed E-state index contributed by atoms with van der Waals surface area (Å²) in [6.45, 7) is 0. The van der Waals surface area contributed by atoms with Crippen LogP contribution in [-0.2, 0) is 0 Å². The monoisotopic (exact) mass is 759 g/mol. The number of benzene rings is 9. The van der Waals surface area contributed by atoms with Crippen LogP contribution in [0.2, 0.25) is 0 Å². The predicted octanol–water partition coefficient (Wildman–Crippen LogP) is 15.4. The van der Waals surface area contributed by atoms with E-state index in [0.717, 1.165) is 94.3 Å². The largest absolute Gasteiger partial charge is 0.456 e. The number of furan rings is 2. The van der Waals surface area contributed by atoms with E-state index >= 15 is 0 Å². The molecule has 3 aromatic heterocycles. The van der Waals surface area contributed by atoms with E-state index in [1.807, 2.05) is 36.4 Å². The van der Waals surface area contributed by atoms with Crippen molar-refractivity contribution < 1.29 is 13.3 Å². The molecule has 278 valence electrons. The molecule has 0 N–H and O–H groups in total. The van der Waals surface area contributed by atoms with E-state index in [-0.39, 0.29) is 0 Å². The minimum Gasteiger partial charge on any atom is -0.456 e. The lowest BCUT2D eigenvalue weighted by molar-refractivity contribution is 0.620. The van der Waals surface area contributed by atoms with Crippen LogP contribution in [0.4, 0.5) is 34.1 Å². The Morgan fingerprint density at radius 1 is 0.339 bits per heavy atom. The third kappa shape index (κ3) is 5.46. The highest BCUT2D eigenvalue weighted by Crippen LogP contribution is 2.48. The van der Waals surface area contributed by atoms with E-state index in [4.69, 9.17) is 18.2 Å². The lowest BCUT2D eigenvalue weighted by Gasteiger charge is -2.29. The summed E-state index contributed by atoms with van der Waals surface area (Å²) in [5.74, 6) is 0.539. The maximum atomic E-state index is 6.96. The molecule has 0 aliphatic carbocycles. The van der Waals surface area contributed by atoms with E-state index in [9.17, 15) is 0 Å². The fraction of sp³-hybridized carbons (Fsp3) is 0. The number of nitrogens with zero attached hydrogens (tertiary/aromatic N) is 3. The Balaban J connectivity index is 1.15. The van der Waals surface area contributed by atoms with Crippen LogP contribution in [0.3, 0.4) is 0 Å². The van der Waals surface area contributed by atoms with Crippen LogP contribution in [0.15, 0.2) is 213 Å². The molecule has 12 rings (SSSR count). The van der Waals surface area contributed by atoms with Gasteiger partial charge in [-0.1, -0.05) is 115 Å². The number of hydrogen-bond acceptors (Lipinski definition) is 6. The van der Waals surface area contributed by atoms with Crippen molar-refractivity contribution in [3.8, 4) is 11.5 Å². The molecular formula is C53H33N3O3. The van der Waals surface area contributed by atoms with Crippen molar-refractivity contribution in [1.82, 2.24) is 4.98 Å². The molecule has 0 fully saturated rings. The topological polar surface area (TPSA) is 58.8 Å². The second-order valence-electron chi connectivity index (χ2n) is 14.8. The van der Waals surface area contributed by atoms with Crippen LogP contribution in [0.25, 0.3) is 77.2 Å². The SMILES string of the molecule is c1ccc(N(c2cc(N(c3ccccc3)c3cccc4c3oc3ccccc34)c3oc(-c4ccc5ccccc5c4)nc3c2)c2ccc3oc4ccccc4c3c2)cc1. The maximum absolute atomic E-state index is 6.96. The molecule has 9 aromatic carbocycles. The van der Waals surface area contributed by atoms with Crippen LogP contribution in [0, 0.1) is 0 Å². The third-order valence-corrected chi connectivity index (χ3v) is 11.2. The molecule has 0 bridgehead atoms. The van der Waals surface area contributed by atoms with Crippen molar-refractivity contribution in [3.63, 3.8) is 0 Å². The van der Waals surface area contributed by atoms with Gasteiger partial charge in [0.2, 0.25) is 5.89 Å². The highest BCUT2D eigenvalue weighted by molar-refractivity contribution is 6.12. The van der Waals surface area contributed by atoms with Crippen LogP contribution in [0.5, 0.6) is 0 Å². The minimum atomic E-state index is 0.539. The van der Waals surface area contributed by atoms with Crippen molar-refractivity contribution in [2.75, 3.05) is 9.80 Å². The average molecular weight is 760 g/mol. The molecule has 0 aliphatic rings. The summed E-state index contributed by atoms with van der Waals surface area (Å²) in [7, 11) is 0. The van der Waals surface area contributed by atoms with Crippen molar-refractivity contribution in [3.05, 3.63) is 200 Å². The summed E-state index contributed by atoms with van der Waals surface area (Å²) < 4.78 is 19.9. The standard InChI is InChI=1S/C53H33N3O3/c1-3-16-37(17-4-1)55(39-28-29-50-44(31-39)42-21-10-11-24-48(42)57-50)40-32-45-52(59-53(54-45)36-27-26-34-14-7-8-15-35(34)30-36)47(33-40)56(38-18-5-2-6-19-38)46-23-13-22-43-41-20-9-12-25-49(41)58-51(43)46/h1-33H. The summed E-state index contributed by atoms with van der Waals surface area (Å²) in [6, 6.07) is 69.0. The predicted molar refractivity (Wildman–Crippen MR) is 241 cm³/mol. The van der Waals surface area contributed by atoms with Gasteiger partial charge in [0.1, 0.15) is 22.3 Å². The van der Waals surface area contributed by atoms with Gasteiger partial charge in [-0.25, -0.2) is 4.98 Å². The van der Waals surface area contributed by atoms with E-state index in [2.05, 4.69) is 174 Å². The van der Waals surface area contributed by atoms with Crippen molar-refractivity contribution in [2.24, 2.45) is 0 Å². The normalized spacial score (nSPS) is 11.7. The second-order valence-corrected chi connectivity index (χ2v) is 14.8. The fourth-order valence-electron chi connectivity index (χ4n) is 8.51. The third-order valence-electron chi connectivity index (χ3n) is 11.2. The lowest BCUT2D eigenvalue weighted by atomic mass is 10.1. The number of fused-ring (bicyclic) bond motifs is 8. The molecular weight excluding hydrogens is 727 g/mol. The summed E-state index contributed by atoms with van der Waals surface area (Å²) in [6.07, 6.45) is 0. The van der Waals surface area contributed by atoms with Gasteiger partial charge < -0.3 is 23.1 Å². The molecule has 0 radical (unpaired) electrons. The molecule has 0 saturated carbocycles. The summed E-state index contributed by atoms with van der Waals surface area (Å²) in [4.78, 5) is 9.79. The number of rotatable bonds is 7. The molecule has 3 heterocycles. The zero-order valence-corrected chi connectivity index (χ0v) is 31.6. The first-order valence-corrected chi connectivity index (χ1v) is 19.7. The van der Waals surface area contributed by atoms with Gasteiger partial charge in [-0.15, -0.1) is 0 Å². The van der Waals surface area contributed by atoms with Gasteiger partial charge in [0.25, 0.3) is 0 Å². The Bertz CT molecular complexity index is 3530. The van der Waals surface area contributed by atoms with E-state index in [0.29, 0.717) is 17.0 Å². The molecule has 0 atom stereocenters. The first-order valence-electron chi connectivity index (χ1n) is 19.7. The van der Waals surface area contributed by atoms with Crippen molar-refractivity contribution in [2.45, 2.75) is 0 Å². The Labute approximate surface area is 338 Å². The van der Waals surface area contributed by atoms with Crippen LogP contribution >= 0.6 is 0 Å². The van der Waals surface area contributed by atoms with Gasteiger partial charge in [-0.3, -0.25) is 0 Å². The molecule has 0 aliphatic heterocycles. The molecule has 12 aromatic rings. The molecule has 59 heavy (non-hydrogen) atoms. The molecule has 0 saturated heterocycles. The number of para-hydroxylation sites is 5. The Hall–Kier alpha value is -8.09. The van der Waals surface area contributed by atoms with Crippen molar-refractivity contribution >= 4 is 99.9 Å². The van der Waals surface area contributed by atoms with Crippen LogP contribution < -0.4 is 9.80 Å². The molecule has 6 nitrogen and oxygen atoms in total. The Morgan fingerprint density at radius 2 is 0.983 bits per heavy atom. The molecule has 0 spiro atoms. The number of oxazole rings is 1. The summed E-state index contributed by atoms with van der Waals surface area (Å²) >= 11 is 0. The maximum Gasteiger partial charge on any atom is 0.227 e. The number of anilines is 6. The van der Waals surface area contributed by atoms with Gasteiger partial charge in [0.05, 0.1) is 17.1 Å². The first-order chi connectivity index (χ1) is 29.2. The van der Waals surface area contributed by atoms with E-state index in [1.165, 1.54) is 0 Å².